The number of aliphatic hydroxyl groups is 1. The highest BCUT2D eigenvalue weighted by atomic mass is 16.3. The Hall–Kier alpha value is -2.50. The summed E-state index contributed by atoms with van der Waals surface area (Å²) < 4.78 is 1.56. The van der Waals surface area contributed by atoms with Crippen LogP contribution in [0.2, 0.25) is 0 Å². The SMILES string of the molecule is Cc1cccn2c(=O)cc(CN(CCO)Cc3ccccc3)nc12. The number of fused-ring (bicyclic) bond motifs is 1. The molecule has 0 aliphatic heterocycles. The molecule has 0 fully saturated rings. The minimum atomic E-state index is -0.0811. The summed E-state index contributed by atoms with van der Waals surface area (Å²) in [6.45, 7) is 3.77. The Morgan fingerprint density at radius 3 is 2.67 bits per heavy atom. The minimum absolute atomic E-state index is 0.0679. The molecule has 0 spiro atoms. The molecule has 1 aromatic carbocycles. The van der Waals surface area contributed by atoms with E-state index in [1.165, 1.54) is 5.56 Å². The highest BCUT2D eigenvalue weighted by molar-refractivity contribution is 5.46. The quantitative estimate of drug-likeness (QED) is 0.754. The number of pyridine rings is 1. The van der Waals surface area contributed by atoms with E-state index in [0.29, 0.717) is 25.3 Å². The van der Waals surface area contributed by atoms with Crippen molar-refractivity contribution in [1.82, 2.24) is 14.3 Å². The van der Waals surface area contributed by atoms with E-state index in [4.69, 9.17) is 0 Å². The fourth-order valence-corrected chi connectivity index (χ4v) is 2.82. The van der Waals surface area contributed by atoms with Gasteiger partial charge in [-0.3, -0.25) is 14.1 Å². The predicted molar refractivity (Wildman–Crippen MR) is 93.8 cm³/mol. The summed E-state index contributed by atoms with van der Waals surface area (Å²) >= 11 is 0. The fraction of sp³-hybridized carbons (Fsp3) is 0.263. The van der Waals surface area contributed by atoms with Gasteiger partial charge in [0.2, 0.25) is 0 Å². The van der Waals surface area contributed by atoms with E-state index in [0.717, 1.165) is 11.3 Å². The monoisotopic (exact) mass is 323 g/mol. The number of nitrogens with zero attached hydrogens (tertiary/aromatic N) is 3. The van der Waals surface area contributed by atoms with Gasteiger partial charge in [0.05, 0.1) is 12.3 Å². The standard InChI is InChI=1S/C19H21N3O2/c1-15-6-5-9-22-18(24)12-17(20-19(15)22)14-21(10-11-23)13-16-7-3-2-4-8-16/h2-9,12,23H,10-11,13-14H2,1H3. The average molecular weight is 323 g/mol. The van der Waals surface area contributed by atoms with Crippen molar-refractivity contribution in [2.45, 2.75) is 20.0 Å². The molecule has 0 aliphatic rings. The molecule has 2 aromatic heterocycles. The van der Waals surface area contributed by atoms with E-state index in [9.17, 15) is 9.90 Å². The summed E-state index contributed by atoms with van der Waals surface area (Å²) in [7, 11) is 0. The largest absolute Gasteiger partial charge is 0.395 e. The molecule has 0 unspecified atom stereocenters. The van der Waals surface area contributed by atoms with Crippen molar-refractivity contribution in [3.8, 4) is 0 Å². The molecule has 3 aromatic rings. The Kier molecular flexibility index (Phi) is 5.03. The lowest BCUT2D eigenvalue weighted by atomic mass is 10.2. The number of hydrogen-bond donors (Lipinski definition) is 1. The second kappa shape index (κ2) is 7.38. The van der Waals surface area contributed by atoms with E-state index < -0.39 is 0 Å². The fourth-order valence-electron chi connectivity index (χ4n) is 2.82. The second-order valence-electron chi connectivity index (χ2n) is 5.89. The molecule has 2 heterocycles. The molecule has 0 amide bonds. The Labute approximate surface area is 140 Å². The van der Waals surface area contributed by atoms with Gasteiger partial charge in [0.15, 0.2) is 0 Å². The molecule has 0 saturated heterocycles. The lowest BCUT2D eigenvalue weighted by Crippen LogP contribution is -2.28. The normalized spacial score (nSPS) is 11.3. The van der Waals surface area contributed by atoms with Crippen LogP contribution in [0.1, 0.15) is 16.8 Å². The molecule has 124 valence electrons. The van der Waals surface area contributed by atoms with Crippen LogP contribution in [-0.2, 0) is 13.1 Å². The summed E-state index contributed by atoms with van der Waals surface area (Å²) in [6.07, 6.45) is 1.73. The number of hydrogen-bond acceptors (Lipinski definition) is 4. The van der Waals surface area contributed by atoms with Crippen molar-refractivity contribution < 1.29 is 5.11 Å². The topological polar surface area (TPSA) is 57.8 Å². The third-order valence-electron chi connectivity index (χ3n) is 3.99. The molecule has 0 bridgehead atoms. The predicted octanol–water partition coefficient (Wildman–Crippen LogP) is 2.00. The van der Waals surface area contributed by atoms with E-state index in [1.807, 2.05) is 37.3 Å². The van der Waals surface area contributed by atoms with Crippen LogP contribution in [0.15, 0.2) is 59.5 Å². The molecule has 5 nitrogen and oxygen atoms in total. The molecule has 3 rings (SSSR count). The summed E-state index contributed by atoms with van der Waals surface area (Å²) in [6, 6.07) is 15.4. The zero-order valence-electron chi connectivity index (χ0n) is 13.7. The van der Waals surface area contributed by atoms with Gasteiger partial charge < -0.3 is 5.11 Å². The molecule has 1 N–H and O–H groups in total. The van der Waals surface area contributed by atoms with E-state index >= 15 is 0 Å². The summed E-state index contributed by atoms with van der Waals surface area (Å²) in [5, 5.41) is 9.34. The molecule has 0 atom stereocenters. The van der Waals surface area contributed by atoms with Crippen LogP contribution in [0.4, 0.5) is 0 Å². The summed E-state index contributed by atoms with van der Waals surface area (Å²) in [5.74, 6) is 0. The molecule has 0 radical (unpaired) electrons. The highest BCUT2D eigenvalue weighted by Gasteiger charge is 2.10. The van der Waals surface area contributed by atoms with Crippen molar-refractivity contribution in [2.75, 3.05) is 13.2 Å². The van der Waals surface area contributed by atoms with E-state index in [1.54, 1.807) is 16.7 Å². The van der Waals surface area contributed by atoms with Crippen molar-refractivity contribution in [3.63, 3.8) is 0 Å². The van der Waals surface area contributed by atoms with Crippen molar-refractivity contribution >= 4 is 5.65 Å². The van der Waals surface area contributed by atoms with Crippen LogP contribution < -0.4 is 5.56 Å². The lowest BCUT2D eigenvalue weighted by Gasteiger charge is -2.21. The Morgan fingerprint density at radius 2 is 1.92 bits per heavy atom. The first kappa shape index (κ1) is 16.4. The first-order valence-corrected chi connectivity index (χ1v) is 8.02. The highest BCUT2D eigenvalue weighted by Crippen LogP contribution is 2.10. The Bertz CT molecular complexity index is 875. The molecular weight excluding hydrogens is 302 g/mol. The van der Waals surface area contributed by atoms with Gasteiger partial charge in [-0.1, -0.05) is 36.4 Å². The van der Waals surface area contributed by atoms with Gasteiger partial charge in [-0.2, -0.15) is 0 Å². The maximum atomic E-state index is 12.3. The van der Waals surface area contributed by atoms with Crippen LogP contribution in [0.25, 0.3) is 5.65 Å². The maximum Gasteiger partial charge on any atom is 0.258 e. The third kappa shape index (κ3) is 3.69. The van der Waals surface area contributed by atoms with E-state index in [-0.39, 0.29) is 12.2 Å². The van der Waals surface area contributed by atoms with Crippen molar-refractivity contribution in [3.05, 3.63) is 81.9 Å². The van der Waals surface area contributed by atoms with Crippen LogP contribution in [0.3, 0.4) is 0 Å². The average Bonchev–Trinajstić information content (AvgIpc) is 2.57. The zero-order valence-corrected chi connectivity index (χ0v) is 13.7. The number of rotatable bonds is 6. The minimum Gasteiger partial charge on any atom is -0.395 e. The summed E-state index contributed by atoms with van der Waals surface area (Å²) in [4.78, 5) is 19.0. The van der Waals surface area contributed by atoms with Crippen molar-refractivity contribution in [1.29, 1.82) is 0 Å². The Morgan fingerprint density at radius 1 is 1.12 bits per heavy atom. The van der Waals surface area contributed by atoms with Crippen LogP contribution >= 0.6 is 0 Å². The molecule has 5 heteroatoms. The van der Waals surface area contributed by atoms with Gasteiger partial charge in [-0.25, -0.2) is 4.98 Å². The second-order valence-corrected chi connectivity index (χ2v) is 5.89. The van der Waals surface area contributed by atoms with Crippen molar-refractivity contribution in [2.24, 2.45) is 0 Å². The van der Waals surface area contributed by atoms with Gasteiger partial charge in [0.1, 0.15) is 5.65 Å². The number of aryl methyl sites for hydroxylation is 1. The number of aliphatic hydroxyl groups excluding tert-OH is 1. The van der Waals surface area contributed by atoms with Gasteiger partial charge in [-0.15, -0.1) is 0 Å². The van der Waals surface area contributed by atoms with E-state index in [2.05, 4.69) is 22.0 Å². The van der Waals surface area contributed by atoms with Gasteiger partial charge in [0, 0.05) is 31.9 Å². The van der Waals surface area contributed by atoms with Gasteiger partial charge >= 0.3 is 0 Å². The Balaban J connectivity index is 1.88. The van der Waals surface area contributed by atoms with Crippen LogP contribution in [0.5, 0.6) is 0 Å². The molecule has 24 heavy (non-hydrogen) atoms. The smallest absolute Gasteiger partial charge is 0.258 e. The first-order valence-electron chi connectivity index (χ1n) is 8.02. The van der Waals surface area contributed by atoms with Crippen LogP contribution in [-0.4, -0.2) is 32.5 Å². The number of benzene rings is 1. The molecular formula is C19H21N3O2. The third-order valence-corrected chi connectivity index (χ3v) is 3.99. The maximum absolute atomic E-state index is 12.3. The summed E-state index contributed by atoms with van der Waals surface area (Å²) in [5.41, 5.74) is 3.46. The first-order chi connectivity index (χ1) is 11.7. The van der Waals surface area contributed by atoms with Gasteiger partial charge in [0.25, 0.3) is 5.56 Å². The molecule has 0 saturated carbocycles. The zero-order chi connectivity index (χ0) is 16.9. The lowest BCUT2D eigenvalue weighted by molar-refractivity contribution is 0.183. The van der Waals surface area contributed by atoms with Crippen LogP contribution in [0, 0.1) is 6.92 Å². The molecule has 0 aliphatic carbocycles. The van der Waals surface area contributed by atoms with Gasteiger partial charge in [-0.05, 0) is 24.1 Å². The number of aromatic nitrogens is 2.